The molecule has 0 spiro atoms. The van der Waals surface area contributed by atoms with Gasteiger partial charge in [-0.25, -0.2) is 0 Å². The molecule has 4 heteroatoms. The van der Waals surface area contributed by atoms with E-state index in [1.54, 1.807) is 0 Å². The second-order valence-electron chi connectivity index (χ2n) is 5.98. The van der Waals surface area contributed by atoms with Crippen LogP contribution in [0.5, 0.6) is 11.5 Å². The Balaban J connectivity index is 1.60. The average molecular weight is 296 g/mol. The van der Waals surface area contributed by atoms with Gasteiger partial charge in [0, 0.05) is 13.1 Å². The summed E-state index contributed by atoms with van der Waals surface area (Å²) in [6.07, 6.45) is 6.75. The monoisotopic (exact) mass is 295 g/mol. The molecule has 1 aromatic carbocycles. The first kappa shape index (κ1) is 14.0. The molecule has 1 aromatic rings. The molecule has 0 amide bonds. The SMILES string of the molecule is CCC1(CNCc2cc(Cl)c3c(c2)OCO3)CCCC1. The quantitative estimate of drug-likeness (QED) is 0.886. The number of hydrogen-bond donors (Lipinski definition) is 1. The standard InChI is InChI=1S/C16H22ClNO2/c1-2-16(5-3-4-6-16)10-18-9-12-7-13(17)15-14(8-12)19-11-20-15/h7-8,18H,2-6,9-11H2,1H3. The fourth-order valence-electron chi connectivity index (χ4n) is 3.38. The number of ether oxygens (including phenoxy) is 2. The van der Waals surface area contributed by atoms with Gasteiger partial charge in [-0.1, -0.05) is 31.4 Å². The average Bonchev–Trinajstić information content (AvgIpc) is 3.08. The number of rotatable bonds is 5. The summed E-state index contributed by atoms with van der Waals surface area (Å²) in [7, 11) is 0. The molecule has 0 atom stereocenters. The second kappa shape index (κ2) is 5.82. The third-order valence-corrected chi connectivity index (χ3v) is 5.01. The molecule has 1 aliphatic heterocycles. The van der Waals surface area contributed by atoms with Crippen molar-refractivity contribution in [3.63, 3.8) is 0 Å². The molecule has 1 saturated carbocycles. The van der Waals surface area contributed by atoms with Crippen LogP contribution in [0.15, 0.2) is 12.1 Å². The van der Waals surface area contributed by atoms with Gasteiger partial charge in [-0.05, 0) is 42.4 Å². The van der Waals surface area contributed by atoms with Crippen LogP contribution in [0, 0.1) is 5.41 Å². The number of hydrogen-bond acceptors (Lipinski definition) is 3. The van der Waals surface area contributed by atoms with E-state index in [2.05, 4.69) is 12.2 Å². The van der Waals surface area contributed by atoms with Crippen LogP contribution in [0.2, 0.25) is 5.02 Å². The van der Waals surface area contributed by atoms with Crippen LogP contribution in [0.4, 0.5) is 0 Å². The van der Waals surface area contributed by atoms with Crippen molar-refractivity contribution < 1.29 is 9.47 Å². The zero-order valence-electron chi connectivity index (χ0n) is 12.0. The van der Waals surface area contributed by atoms with E-state index in [1.165, 1.54) is 32.1 Å². The Morgan fingerprint density at radius 1 is 1.25 bits per heavy atom. The van der Waals surface area contributed by atoms with Crippen molar-refractivity contribution in [2.75, 3.05) is 13.3 Å². The molecule has 0 bridgehead atoms. The number of nitrogens with one attached hydrogen (secondary N) is 1. The predicted molar refractivity (Wildman–Crippen MR) is 80.5 cm³/mol. The number of benzene rings is 1. The largest absolute Gasteiger partial charge is 0.454 e. The molecule has 0 unspecified atom stereocenters. The molecule has 2 aliphatic rings. The molecule has 1 N–H and O–H groups in total. The Hall–Kier alpha value is -0.930. The van der Waals surface area contributed by atoms with E-state index in [1.807, 2.05) is 12.1 Å². The van der Waals surface area contributed by atoms with Gasteiger partial charge in [0.15, 0.2) is 11.5 Å². The summed E-state index contributed by atoms with van der Waals surface area (Å²) in [4.78, 5) is 0. The van der Waals surface area contributed by atoms with E-state index >= 15 is 0 Å². The van der Waals surface area contributed by atoms with Gasteiger partial charge in [0.1, 0.15) is 0 Å². The van der Waals surface area contributed by atoms with Crippen molar-refractivity contribution in [3.05, 3.63) is 22.7 Å². The van der Waals surface area contributed by atoms with Crippen molar-refractivity contribution in [1.29, 1.82) is 0 Å². The summed E-state index contributed by atoms with van der Waals surface area (Å²) >= 11 is 6.20. The van der Waals surface area contributed by atoms with Crippen LogP contribution < -0.4 is 14.8 Å². The first-order chi connectivity index (χ1) is 9.72. The predicted octanol–water partition coefficient (Wildman–Crippen LogP) is 4.13. The number of halogens is 1. The van der Waals surface area contributed by atoms with Gasteiger partial charge < -0.3 is 14.8 Å². The van der Waals surface area contributed by atoms with Gasteiger partial charge in [0.25, 0.3) is 0 Å². The van der Waals surface area contributed by atoms with E-state index in [9.17, 15) is 0 Å². The van der Waals surface area contributed by atoms with Crippen LogP contribution in [-0.4, -0.2) is 13.3 Å². The minimum atomic E-state index is 0.269. The van der Waals surface area contributed by atoms with Crippen LogP contribution in [0.25, 0.3) is 0 Å². The van der Waals surface area contributed by atoms with Crippen molar-refractivity contribution in [2.45, 2.75) is 45.6 Å². The molecule has 1 heterocycles. The lowest BCUT2D eigenvalue weighted by atomic mass is 9.83. The highest BCUT2D eigenvalue weighted by molar-refractivity contribution is 6.32. The summed E-state index contributed by atoms with van der Waals surface area (Å²) in [5, 5.41) is 4.24. The lowest BCUT2D eigenvalue weighted by Crippen LogP contribution is -2.31. The van der Waals surface area contributed by atoms with E-state index in [0.717, 1.165) is 24.4 Å². The first-order valence-electron chi connectivity index (χ1n) is 7.51. The maximum absolute atomic E-state index is 6.20. The summed E-state index contributed by atoms with van der Waals surface area (Å²) < 4.78 is 10.7. The van der Waals surface area contributed by atoms with Crippen LogP contribution >= 0.6 is 11.6 Å². The molecule has 1 aliphatic carbocycles. The van der Waals surface area contributed by atoms with Gasteiger partial charge in [-0.2, -0.15) is 0 Å². The molecule has 0 aromatic heterocycles. The lowest BCUT2D eigenvalue weighted by Gasteiger charge is -2.27. The third-order valence-electron chi connectivity index (χ3n) is 4.73. The van der Waals surface area contributed by atoms with Gasteiger partial charge >= 0.3 is 0 Å². The third kappa shape index (κ3) is 2.75. The Morgan fingerprint density at radius 3 is 2.80 bits per heavy atom. The zero-order chi connectivity index (χ0) is 14.0. The topological polar surface area (TPSA) is 30.5 Å². The molecule has 1 fully saturated rings. The summed E-state index contributed by atoms with van der Waals surface area (Å²) in [6.45, 7) is 4.50. The highest BCUT2D eigenvalue weighted by atomic mass is 35.5. The van der Waals surface area contributed by atoms with Gasteiger partial charge in [-0.15, -0.1) is 0 Å². The molecule has 20 heavy (non-hydrogen) atoms. The Kier molecular flexibility index (Phi) is 4.08. The van der Waals surface area contributed by atoms with E-state index in [4.69, 9.17) is 21.1 Å². The fraction of sp³-hybridized carbons (Fsp3) is 0.625. The zero-order valence-corrected chi connectivity index (χ0v) is 12.8. The fourth-order valence-corrected chi connectivity index (χ4v) is 3.66. The van der Waals surface area contributed by atoms with E-state index in [-0.39, 0.29) is 6.79 Å². The molecule has 0 saturated heterocycles. The van der Waals surface area contributed by atoms with Crippen molar-refractivity contribution in [1.82, 2.24) is 5.32 Å². The maximum atomic E-state index is 6.20. The lowest BCUT2D eigenvalue weighted by molar-refractivity contribution is 0.174. The minimum absolute atomic E-state index is 0.269. The van der Waals surface area contributed by atoms with Crippen molar-refractivity contribution in [3.8, 4) is 11.5 Å². The Labute approximate surface area is 125 Å². The first-order valence-corrected chi connectivity index (χ1v) is 7.89. The molecule has 0 radical (unpaired) electrons. The molecule has 110 valence electrons. The summed E-state index contributed by atoms with van der Waals surface area (Å²) in [5.41, 5.74) is 1.67. The highest BCUT2D eigenvalue weighted by Crippen LogP contribution is 2.41. The van der Waals surface area contributed by atoms with Gasteiger partial charge in [0.05, 0.1) is 5.02 Å². The van der Waals surface area contributed by atoms with Crippen molar-refractivity contribution in [2.24, 2.45) is 5.41 Å². The molecular formula is C16H22ClNO2. The molecular weight excluding hydrogens is 274 g/mol. The Morgan fingerprint density at radius 2 is 2.05 bits per heavy atom. The van der Waals surface area contributed by atoms with E-state index < -0.39 is 0 Å². The maximum Gasteiger partial charge on any atom is 0.231 e. The van der Waals surface area contributed by atoms with Crippen LogP contribution in [0.1, 0.15) is 44.6 Å². The number of fused-ring (bicyclic) bond motifs is 1. The van der Waals surface area contributed by atoms with Crippen molar-refractivity contribution >= 4 is 11.6 Å². The minimum Gasteiger partial charge on any atom is -0.454 e. The second-order valence-corrected chi connectivity index (χ2v) is 6.38. The Bertz CT molecular complexity index is 484. The van der Waals surface area contributed by atoms with Crippen LogP contribution in [0.3, 0.4) is 0 Å². The molecule has 3 nitrogen and oxygen atoms in total. The van der Waals surface area contributed by atoms with Gasteiger partial charge in [0.2, 0.25) is 6.79 Å². The summed E-state index contributed by atoms with van der Waals surface area (Å²) in [5.74, 6) is 1.44. The normalized spacial score (nSPS) is 19.5. The van der Waals surface area contributed by atoms with Gasteiger partial charge in [-0.3, -0.25) is 0 Å². The molecule has 3 rings (SSSR count). The van der Waals surface area contributed by atoms with Crippen LogP contribution in [-0.2, 0) is 6.54 Å². The summed E-state index contributed by atoms with van der Waals surface area (Å²) in [6, 6.07) is 3.99. The smallest absolute Gasteiger partial charge is 0.231 e. The van der Waals surface area contributed by atoms with E-state index in [0.29, 0.717) is 16.2 Å². The highest BCUT2D eigenvalue weighted by Gasteiger charge is 2.31.